The van der Waals surface area contributed by atoms with E-state index in [0.717, 1.165) is 0 Å². The second-order valence-electron chi connectivity index (χ2n) is 4.64. The van der Waals surface area contributed by atoms with Gasteiger partial charge in [-0.15, -0.1) is 0 Å². The van der Waals surface area contributed by atoms with E-state index in [0.29, 0.717) is 22.4 Å². The second kappa shape index (κ2) is 4.81. The van der Waals surface area contributed by atoms with Crippen molar-refractivity contribution in [1.29, 1.82) is 0 Å². The van der Waals surface area contributed by atoms with Crippen LogP contribution in [0.2, 0.25) is 5.15 Å². The number of aromatic nitrogens is 6. The average molecular weight is 307 g/mol. The summed E-state index contributed by atoms with van der Waals surface area (Å²) in [6.45, 7) is 1.73. The van der Waals surface area contributed by atoms with Crippen LogP contribution in [0.1, 0.15) is 11.4 Å². The molecule has 0 saturated heterocycles. The van der Waals surface area contributed by atoms with E-state index in [1.54, 1.807) is 24.9 Å². The Kier molecular flexibility index (Phi) is 3.09. The number of aromatic amines is 1. The molecule has 0 aromatic carbocycles. The van der Waals surface area contributed by atoms with Gasteiger partial charge in [-0.25, -0.2) is 14.8 Å². The maximum Gasteiger partial charge on any atom is 0.328 e. The molecule has 3 aromatic rings. The summed E-state index contributed by atoms with van der Waals surface area (Å²) in [6.07, 6.45) is 3.05. The number of hydrogen-bond acceptors (Lipinski definition) is 5. The predicted molar refractivity (Wildman–Crippen MR) is 76.5 cm³/mol. The number of hydrogen-bond donors (Lipinski definition) is 1. The Morgan fingerprint density at radius 2 is 2.10 bits per heavy atom. The molecule has 3 heterocycles. The van der Waals surface area contributed by atoms with Crippen LogP contribution in [0.3, 0.4) is 0 Å². The van der Waals surface area contributed by atoms with Gasteiger partial charge < -0.3 is 0 Å². The highest BCUT2D eigenvalue weighted by molar-refractivity contribution is 6.33. The molecule has 3 aromatic heterocycles. The third-order valence-corrected chi connectivity index (χ3v) is 3.38. The van der Waals surface area contributed by atoms with Crippen molar-refractivity contribution in [3.8, 4) is 0 Å². The number of nitrogens with one attached hydrogen (secondary N) is 1. The van der Waals surface area contributed by atoms with Crippen molar-refractivity contribution in [2.24, 2.45) is 7.05 Å². The van der Waals surface area contributed by atoms with E-state index >= 15 is 0 Å². The molecule has 0 fully saturated rings. The topological polar surface area (TPSA) is 98.5 Å². The van der Waals surface area contributed by atoms with Crippen LogP contribution in [0, 0.1) is 6.92 Å². The minimum Gasteiger partial charge on any atom is -0.293 e. The van der Waals surface area contributed by atoms with Crippen molar-refractivity contribution < 1.29 is 0 Å². The lowest BCUT2D eigenvalue weighted by Crippen LogP contribution is -2.31. The van der Waals surface area contributed by atoms with Crippen LogP contribution < -0.4 is 11.2 Å². The van der Waals surface area contributed by atoms with E-state index in [1.165, 1.54) is 10.8 Å². The first-order chi connectivity index (χ1) is 9.95. The van der Waals surface area contributed by atoms with E-state index in [9.17, 15) is 9.59 Å². The van der Waals surface area contributed by atoms with Crippen LogP contribution in [0.25, 0.3) is 11.0 Å². The standard InChI is InChI=1S/C12H11ClN6O2/c1-6-4-19(12(21)17-11(6)20)5-8-15-9(13)7-3-14-18(2)10(7)16-8/h3-4H,5H2,1-2H3,(H,17,20,21). The van der Waals surface area contributed by atoms with Crippen molar-refractivity contribution in [2.45, 2.75) is 13.5 Å². The van der Waals surface area contributed by atoms with Gasteiger partial charge in [-0.2, -0.15) is 5.10 Å². The molecule has 8 nitrogen and oxygen atoms in total. The predicted octanol–water partition coefficient (Wildman–Crippen LogP) is 0.223. The van der Waals surface area contributed by atoms with Crippen molar-refractivity contribution >= 4 is 22.6 Å². The van der Waals surface area contributed by atoms with Gasteiger partial charge in [0.25, 0.3) is 5.56 Å². The Labute approximate surface area is 123 Å². The zero-order valence-corrected chi connectivity index (χ0v) is 12.0. The molecule has 0 unspecified atom stereocenters. The summed E-state index contributed by atoms with van der Waals surface area (Å²) < 4.78 is 2.90. The number of halogens is 1. The van der Waals surface area contributed by atoms with Gasteiger partial charge in [-0.3, -0.25) is 19.0 Å². The fraction of sp³-hybridized carbons (Fsp3) is 0.250. The fourth-order valence-corrected chi connectivity index (χ4v) is 2.22. The summed E-state index contributed by atoms with van der Waals surface area (Å²) in [4.78, 5) is 33.8. The molecule has 0 saturated carbocycles. The maximum absolute atomic E-state index is 11.8. The van der Waals surface area contributed by atoms with Gasteiger partial charge in [0.2, 0.25) is 0 Å². The summed E-state index contributed by atoms with van der Waals surface area (Å²) in [5.74, 6) is 0.365. The Hall–Kier alpha value is -2.48. The van der Waals surface area contributed by atoms with Crippen LogP contribution in [0.5, 0.6) is 0 Å². The van der Waals surface area contributed by atoms with Crippen LogP contribution in [-0.2, 0) is 13.6 Å². The number of fused-ring (bicyclic) bond motifs is 1. The Bertz CT molecular complexity index is 955. The van der Waals surface area contributed by atoms with Crippen LogP contribution in [0.4, 0.5) is 0 Å². The summed E-state index contributed by atoms with van der Waals surface area (Å²) in [5.41, 5.74) is 0.0919. The second-order valence-corrected chi connectivity index (χ2v) is 4.99. The molecule has 0 aliphatic heterocycles. The summed E-state index contributed by atoms with van der Waals surface area (Å²) in [7, 11) is 1.74. The molecule has 0 radical (unpaired) electrons. The molecule has 108 valence electrons. The molecule has 0 aliphatic rings. The molecule has 1 N–H and O–H groups in total. The van der Waals surface area contributed by atoms with Gasteiger partial charge >= 0.3 is 5.69 Å². The Morgan fingerprint density at radius 3 is 2.86 bits per heavy atom. The fourth-order valence-electron chi connectivity index (χ4n) is 1.99. The van der Waals surface area contributed by atoms with Crippen LogP contribution >= 0.6 is 11.6 Å². The molecule has 21 heavy (non-hydrogen) atoms. The van der Waals surface area contributed by atoms with Gasteiger partial charge in [0.05, 0.1) is 18.1 Å². The smallest absolute Gasteiger partial charge is 0.293 e. The highest BCUT2D eigenvalue weighted by Gasteiger charge is 2.11. The molecular formula is C12H11ClN6O2. The largest absolute Gasteiger partial charge is 0.328 e. The number of aryl methyl sites for hydroxylation is 2. The van der Waals surface area contributed by atoms with E-state index in [2.05, 4.69) is 20.1 Å². The van der Waals surface area contributed by atoms with Gasteiger partial charge in [-0.05, 0) is 6.92 Å². The lowest BCUT2D eigenvalue weighted by Gasteiger charge is -2.06. The first-order valence-electron chi connectivity index (χ1n) is 6.10. The van der Waals surface area contributed by atoms with Crippen molar-refractivity contribution in [3.63, 3.8) is 0 Å². The zero-order valence-electron chi connectivity index (χ0n) is 11.3. The monoisotopic (exact) mass is 306 g/mol. The normalized spacial score (nSPS) is 11.2. The van der Waals surface area contributed by atoms with Crippen molar-refractivity contribution in [2.75, 3.05) is 0 Å². The summed E-state index contributed by atoms with van der Waals surface area (Å²) in [6, 6.07) is 0. The van der Waals surface area contributed by atoms with Crippen molar-refractivity contribution in [3.05, 3.63) is 49.8 Å². The first kappa shape index (κ1) is 13.5. The molecule has 0 amide bonds. The highest BCUT2D eigenvalue weighted by Crippen LogP contribution is 2.19. The molecule has 0 spiro atoms. The number of rotatable bonds is 2. The lowest BCUT2D eigenvalue weighted by molar-refractivity contribution is 0.679. The quantitative estimate of drug-likeness (QED) is 0.683. The minimum atomic E-state index is -0.518. The van der Waals surface area contributed by atoms with Gasteiger partial charge in [0.1, 0.15) is 5.15 Å². The van der Waals surface area contributed by atoms with E-state index in [1.807, 2.05) is 0 Å². The van der Waals surface area contributed by atoms with Gasteiger partial charge in [0, 0.05) is 18.8 Å². The average Bonchev–Trinajstić information content (AvgIpc) is 2.78. The van der Waals surface area contributed by atoms with E-state index < -0.39 is 11.2 Å². The number of nitrogens with zero attached hydrogens (tertiary/aromatic N) is 5. The van der Waals surface area contributed by atoms with Gasteiger partial charge in [-0.1, -0.05) is 11.6 Å². The SMILES string of the molecule is Cc1cn(Cc2nc(Cl)c3cnn(C)c3n2)c(=O)[nH]c1=O. The maximum atomic E-state index is 11.8. The third-order valence-electron chi connectivity index (χ3n) is 3.09. The van der Waals surface area contributed by atoms with Gasteiger partial charge in [0.15, 0.2) is 11.5 Å². The molecule has 0 atom stereocenters. The molecular weight excluding hydrogens is 296 g/mol. The van der Waals surface area contributed by atoms with E-state index in [-0.39, 0.29) is 11.7 Å². The molecule has 0 bridgehead atoms. The van der Waals surface area contributed by atoms with Crippen LogP contribution in [0.15, 0.2) is 22.0 Å². The Morgan fingerprint density at radius 1 is 1.33 bits per heavy atom. The molecule has 9 heteroatoms. The zero-order chi connectivity index (χ0) is 15.1. The Balaban J connectivity index is 2.10. The van der Waals surface area contributed by atoms with Crippen LogP contribution in [-0.4, -0.2) is 29.3 Å². The summed E-state index contributed by atoms with van der Waals surface area (Å²) >= 11 is 6.09. The number of H-pyrrole nitrogens is 1. The van der Waals surface area contributed by atoms with E-state index in [4.69, 9.17) is 11.6 Å². The highest BCUT2D eigenvalue weighted by atomic mass is 35.5. The summed E-state index contributed by atoms with van der Waals surface area (Å²) in [5, 5.41) is 4.98. The third kappa shape index (κ3) is 2.33. The van der Waals surface area contributed by atoms with Crippen molar-refractivity contribution in [1.82, 2.24) is 29.3 Å². The molecule has 3 rings (SSSR count). The first-order valence-corrected chi connectivity index (χ1v) is 6.48. The lowest BCUT2D eigenvalue weighted by atomic mass is 10.4. The molecule has 0 aliphatic carbocycles. The minimum absolute atomic E-state index is 0.108.